The van der Waals surface area contributed by atoms with Crippen molar-refractivity contribution in [2.75, 3.05) is 6.61 Å². The zero-order valence-corrected chi connectivity index (χ0v) is 8.50. The molecule has 0 spiro atoms. The van der Waals surface area contributed by atoms with E-state index in [9.17, 15) is 8.42 Å². The molecule has 1 heterocycles. The average Bonchev–Trinajstić information content (AvgIpc) is 2.40. The van der Waals surface area contributed by atoms with Crippen LogP contribution in [-0.4, -0.2) is 20.1 Å². The Bertz CT molecular complexity index is 512. The SMILES string of the molecule is Cc1cccc2c1C=C(CO)S2(=O)=O. The number of benzene rings is 1. The Morgan fingerprint density at radius 1 is 1.36 bits per heavy atom. The summed E-state index contributed by atoms with van der Waals surface area (Å²) in [6, 6.07) is 5.13. The van der Waals surface area contributed by atoms with Crippen LogP contribution in [0.1, 0.15) is 11.1 Å². The number of aliphatic hydroxyl groups is 1. The van der Waals surface area contributed by atoms with Crippen LogP contribution < -0.4 is 0 Å². The number of aryl methyl sites for hydroxylation is 1. The van der Waals surface area contributed by atoms with Crippen LogP contribution in [0.5, 0.6) is 0 Å². The van der Waals surface area contributed by atoms with Crippen molar-refractivity contribution in [3.63, 3.8) is 0 Å². The van der Waals surface area contributed by atoms with Crippen molar-refractivity contribution in [3.8, 4) is 0 Å². The van der Waals surface area contributed by atoms with E-state index >= 15 is 0 Å². The lowest BCUT2D eigenvalue weighted by molar-refractivity contribution is 0.339. The monoisotopic (exact) mass is 210 g/mol. The molecule has 0 saturated carbocycles. The fourth-order valence-electron chi connectivity index (χ4n) is 1.58. The highest BCUT2D eigenvalue weighted by atomic mass is 32.2. The van der Waals surface area contributed by atoms with Crippen molar-refractivity contribution >= 4 is 15.9 Å². The first-order valence-corrected chi connectivity index (χ1v) is 5.72. The van der Waals surface area contributed by atoms with E-state index in [0.29, 0.717) is 10.5 Å². The predicted molar refractivity (Wildman–Crippen MR) is 53.4 cm³/mol. The Morgan fingerprint density at radius 3 is 2.64 bits per heavy atom. The largest absolute Gasteiger partial charge is 0.391 e. The summed E-state index contributed by atoms with van der Waals surface area (Å²) in [4.78, 5) is 0.392. The van der Waals surface area contributed by atoms with Gasteiger partial charge >= 0.3 is 0 Å². The topological polar surface area (TPSA) is 54.4 Å². The lowest BCUT2D eigenvalue weighted by Gasteiger charge is -2.01. The normalized spacial score (nSPS) is 17.7. The number of hydrogen-bond acceptors (Lipinski definition) is 3. The van der Waals surface area contributed by atoms with Gasteiger partial charge in [0.1, 0.15) is 0 Å². The summed E-state index contributed by atoms with van der Waals surface area (Å²) < 4.78 is 23.5. The molecule has 3 nitrogen and oxygen atoms in total. The number of aliphatic hydroxyl groups excluding tert-OH is 1. The second kappa shape index (κ2) is 2.93. The van der Waals surface area contributed by atoms with E-state index in [1.54, 1.807) is 18.2 Å². The first-order valence-electron chi connectivity index (χ1n) is 4.23. The van der Waals surface area contributed by atoms with E-state index in [-0.39, 0.29) is 4.91 Å². The zero-order valence-electron chi connectivity index (χ0n) is 7.69. The summed E-state index contributed by atoms with van der Waals surface area (Å²) in [6.07, 6.45) is 1.54. The molecular weight excluding hydrogens is 200 g/mol. The van der Waals surface area contributed by atoms with E-state index in [4.69, 9.17) is 5.11 Å². The maximum absolute atomic E-state index is 11.7. The molecule has 0 amide bonds. The van der Waals surface area contributed by atoms with Gasteiger partial charge < -0.3 is 5.11 Å². The van der Waals surface area contributed by atoms with Gasteiger partial charge in [-0.25, -0.2) is 8.42 Å². The minimum Gasteiger partial charge on any atom is -0.391 e. The van der Waals surface area contributed by atoms with Crippen molar-refractivity contribution in [2.45, 2.75) is 11.8 Å². The first kappa shape index (κ1) is 9.43. The highest BCUT2D eigenvalue weighted by molar-refractivity contribution is 7.95. The zero-order chi connectivity index (χ0) is 10.3. The van der Waals surface area contributed by atoms with Crippen LogP contribution in [0.4, 0.5) is 0 Å². The Hall–Kier alpha value is -1.13. The van der Waals surface area contributed by atoms with Gasteiger partial charge in [-0.3, -0.25) is 0 Å². The van der Waals surface area contributed by atoms with E-state index in [1.807, 2.05) is 13.0 Å². The Morgan fingerprint density at radius 2 is 2.07 bits per heavy atom. The average molecular weight is 210 g/mol. The molecule has 0 saturated heterocycles. The molecule has 1 aromatic rings. The van der Waals surface area contributed by atoms with Gasteiger partial charge in [0.05, 0.1) is 16.4 Å². The third-order valence-electron chi connectivity index (χ3n) is 2.38. The lowest BCUT2D eigenvalue weighted by Crippen LogP contribution is -2.03. The molecule has 1 aliphatic rings. The number of sulfone groups is 1. The molecule has 74 valence electrons. The van der Waals surface area contributed by atoms with Gasteiger partial charge in [-0.1, -0.05) is 12.1 Å². The summed E-state index contributed by atoms with van der Waals surface area (Å²) >= 11 is 0. The van der Waals surface area contributed by atoms with Crippen LogP contribution in [0.2, 0.25) is 0 Å². The van der Waals surface area contributed by atoms with Crippen molar-refractivity contribution < 1.29 is 13.5 Å². The fourth-order valence-corrected chi connectivity index (χ4v) is 3.08. The molecule has 1 aliphatic heterocycles. The summed E-state index contributed by atoms with van der Waals surface area (Å²) in [5, 5.41) is 8.92. The molecule has 0 radical (unpaired) electrons. The number of fused-ring (bicyclic) bond motifs is 1. The van der Waals surface area contributed by atoms with Crippen molar-refractivity contribution in [1.29, 1.82) is 0 Å². The quantitative estimate of drug-likeness (QED) is 0.755. The van der Waals surface area contributed by atoms with Crippen LogP contribution in [0.15, 0.2) is 28.0 Å². The van der Waals surface area contributed by atoms with Gasteiger partial charge in [-0.15, -0.1) is 0 Å². The van der Waals surface area contributed by atoms with Gasteiger partial charge in [0.15, 0.2) is 0 Å². The van der Waals surface area contributed by atoms with E-state index in [1.165, 1.54) is 0 Å². The molecule has 0 bridgehead atoms. The van der Waals surface area contributed by atoms with Gasteiger partial charge in [-0.2, -0.15) is 0 Å². The minimum atomic E-state index is -3.41. The number of rotatable bonds is 1. The molecule has 1 aromatic carbocycles. The van der Waals surface area contributed by atoms with E-state index < -0.39 is 16.4 Å². The smallest absolute Gasteiger partial charge is 0.205 e. The Labute approximate surface area is 82.6 Å². The highest BCUT2D eigenvalue weighted by Crippen LogP contribution is 2.33. The fraction of sp³-hybridized carbons (Fsp3) is 0.200. The van der Waals surface area contributed by atoms with Gasteiger partial charge in [0, 0.05) is 0 Å². The van der Waals surface area contributed by atoms with Gasteiger partial charge in [0.2, 0.25) is 9.84 Å². The second-order valence-electron chi connectivity index (χ2n) is 3.26. The van der Waals surface area contributed by atoms with Gasteiger partial charge in [0.25, 0.3) is 0 Å². The molecular formula is C10H10O3S. The first-order chi connectivity index (χ1) is 6.57. The van der Waals surface area contributed by atoms with Crippen molar-refractivity contribution in [2.24, 2.45) is 0 Å². The van der Waals surface area contributed by atoms with Crippen molar-refractivity contribution in [1.82, 2.24) is 0 Å². The molecule has 0 atom stereocenters. The number of hydrogen-bond donors (Lipinski definition) is 1. The molecule has 2 rings (SSSR count). The summed E-state index contributed by atoms with van der Waals surface area (Å²) in [6.45, 7) is 1.42. The van der Waals surface area contributed by atoms with Crippen LogP contribution in [0.3, 0.4) is 0 Å². The van der Waals surface area contributed by atoms with Crippen molar-refractivity contribution in [3.05, 3.63) is 34.2 Å². The third-order valence-corrected chi connectivity index (χ3v) is 4.25. The highest BCUT2D eigenvalue weighted by Gasteiger charge is 2.29. The standard InChI is InChI=1S/C10H10O3S/c1-7-3-2-4-10-9(7)5-8(6-11)14(10,12)13/h2-5,11H,6H2,1H3. The molecule has 1 N–H and O–H groups in total. The summed E-state index contributed by atoms with van der Waals surface area (Å²) in [7, 11) is -3.41. The molecule has 0 fully saturated rings. The molecule has 14 heavy (non-hydrogen) atoms. The molecule has 0 aliphatic carbocycles. The predicted octanol–water partition coefficient (Wildman–Crippen LogP) is 1.12. The van der Waals surface area contributed by atoms with Gasteiger partial charge in [-0.05, 0) is 30.2 Å². The Kier molecular flexibility index (Phi) is 1.97. The van der Waals surface area contributed by atoms with E-state index in [2.05, 4.69) is 0 Å². The minimum absolute atomic E-state index is 0.0850. The maximum atomic E-state index is 11.7. The van der Waals surface area contributed by atoms with Crippen LogP contribution >= 0.6 is 0 Å². The van der Waals surface area contributed by atoms with Crippen LogP contribution in [0, 0.1) is 6.92 Å². The summed E-state index contributed by atoms with van der Waals surface area (Å²) in [5.41, 5.74) is 1.62. The molecule has 4 heteroatoms. The Balaban J connectivity index is 2.78. The van der Waals surface area contributed by atoms with Crippen LogP contribution in [0.25, 0.3) is 6.08 Å². The maximum Gasteiger partial charge on any atom is 0.205 e. The van der Waals surface area contributed by atoms with Crippen LogP contribution in [-0.2, 0) is 9.84 Å². The molecule has 0 aromatic heterocycles. The third kappa shape index (κ3) is 1.11. The lowest BCUT2D eigenvalue weighted by atomic mass is 10.1. The second-order valence-corrected chi connectivity index (χ2v) is 5.23. The summed E-state index contributed by atoms with van der Waals surface area (Å²) in [5.74, 6) is 0. The van der Waals surface area contributed by atoms with E-state index in [0.717, 1.165) is 5.56 Å². The molecule has 0 unspecified atom stereocenters.